The van der Waals surface area contributed by atoms with E-state index in [1.54, 1.807) is 0 Å². The summed E-state index contributed by atoms with van der Waals surface area (Å²) >= 11 is 0. The Morgan fingerprint density at radius 1 is 1.40 bits per heavy atom. The number of fused-ring (bicyclic) bond motifs is 1. The number of esters is 1. The normalized spacial score (nSPS) is 26.4. The molecule has 1 fully saturated rings. The number of nitrogens with one attached hydrogen (secondary N) is 1. The number of imidazole rings is 1. The van der Waals surface area contributed by atoms with Crippen LogP contribution in [-0.2, 0) is 14.3 Å². The van der Waals surface area contributed by atoms with Crippen molar-refractivity contribution in [3.05, 3.63) is 23.0 Å². The second kappa shape index (κ2) is 6.90. The van der Waals surface area contributed by atoms with Crippen molar-refractivity contribution < 1.29 is 24.5 Å². The molecule has 0 aromatic carbocycles. The molecule has 25 heavy (non-hydrogen) atoms. The smallest absolute Gasteiger partial charge is 0.306 e. The summed E-state index contributed by atoms with van der Waals surface area (Å²) in [6.07, 6.45) is -1.65. The van der Waals surface area contributed by atoms with Crippen LogP contribution >= 0.6 is 0 Å². The third-order valence-corrected chi connectivity index (χ3v) is 3.96. The van der Waals surface area contributed by atoms with Crippen LogP contribution in [0.1, 0.15) is 26.5 Å². The van der Waals surface area contributed by atoms with Gasteiger partial charge in [-0.3, -0.25) is 14.2 Å². The summed E-state index contributed by atoms with van der Waals surface area (Å²) in [6, 6.07) is 0. The zero-order valence-electron chi connectivity index (χ0n) is 13.8. The Morgan fingerprint density at radius 2 is 2.16 bits per heavy atom. The average Bonchev–Trinajstić information content (AvgIpc) is 3.09. The minimum atomic E-state index is -1.28. The molecule has 136 valence electrons. The van der Waals surface area contributed by atoms with Gasteiger partial charge in [0.2, 0.25) is 0 Å². The van der Waals surface area contributed by atoms with Gasteiger partial charge in [0.25, 0.3) is 5.56 Å². The molecule has 1 aliphatic rings. The Balaban J connectivity index is 1.74. The molecular formula is C15H20N4O6. The molecule has 3 rings (SSSR count). The topological polar surface area (TPSA) is 140 Å². The molecule has 0 radical (unpaired) electrons. The van der Waals surface area contributed by atoms with Crippen molar-refractivity contribution >= 4 is 17.1 Å². The van der Waals surface area contributed by atoms with E-state index in [1.165, 1.54) is 17.2 Å². The summed E-state index contributed by atoms with van der Waals surface area (Å²) < 4.78 is 12.1. The second-order valence-electron chi connectivity index (χ2n) is 6.38. The largest absolute Gasteiger partial charge is 0.463 e. The average molecular weight is 352 g/mol. The van der Waals surface area contributed by atoms with Gasteiger partial charge in [-0.15, -0.1) is 0 Å². The first-order valence-electron chi connectivity index (χ1n) is 7.96. The number of aliphatic hydroxyl groups is 2. The van der Waals surface area contributed by atoms with Crippen LogP contribution in [0.5, 0.6) is 0 Å². The Morgan fingerprint density at radius 3 is 2.88 bits per heavy atom. The van der Waals surface area contributed by atoms with Gasteiger partial charge in [0.15, 0.2) is 17.4 Å². The van der Waals surface area contributed by atoms with Crippen molar-refractivity contribution in [2.75, 3.05) is 6.61 Å². The van der Waals surface area contributed by atoms with E-state index in [4.69, 9.17) is 9.47 Å². The first-order chi connectivity index (χ1) is 11.9. The monoisotopic (exact) mass is 352 g/mol. The first kappa shape index (κ1) is 17.5. The van der Waals surface area contributed by atoms with E-state index in [0.29, 0.717) is 0 Å². The molecule has 2 aromatic rings. The predicted octanol–water partition coefficient (Wildman–Crippen LogP) is -0.672. The van der Waals surface area contributed by atoms with Gasteiger partial charge in [-0.25, -0.2) is 9.97 Å². The molecule has 4 atom stereocenters. The van der Waals surface area contributed by atoms with Crippen molar-refractivity contribution in [1.82, 2.24) is 19.5 Å². The van der Waals surface area contributed by atoms with Crippen LogP contribution < -0.4 is 5.56 Å². The minimum absolute atomic E-state index is 0.0969. The molecule has 3 heterocycles. The van der Waals surface area contributed by atoms with E-state index < -0.39 is 36.1 Å². The molecule has 3 N–H and O–H groups in total. The minimum Gasteiger partial charge on any atom is -0.463 e. The number of aromatic nitrogens is 4. The summed E-state index contributed by atoms with van der Waals surface area (Å²) in [7, 11) is 0. The molecule has 0 saturated carbocycles. The highest BCUT2D eigenvalue weighted by Crippen LogP contribution is 2.31. The van der Waals surface area contributed by atoms with Crippen molar-refractivity contribution in [3.63, 3.8) is 0 Å². The molecule has 0 bridgehead atoms. The lowest BCUT2D eigenvalue weighted by Crippen LogP contribution is -2.34. The summed E-state index contributed by atoms with van der Waals surface area (Å²) in [4.78, 5) is 33.7. The Labute approximate surface area is 142 Å². The summed E-state index contributed by atoms with van der Waals surface area (Å²) in [5.74, 6) is -0.244. The van der Waals surface area contributed by atoms with Crippen LogP contribution in [0.2, 0.25) is 0 Å². The van der Waals surface area contributed by atoms with E-state index >= 15 is 0 Å². The van der Waals surface area contributed by atoms with Gasteiger partial charge >= 0.3 is 5.97 Å². The zero-order chi connectivity index (χ0) is 18.1. The molecule has 1 aliphatic heterocycles. The maximum absolute atomic E-state index is 11.7. The molecule has 0 spiro atoms. The number of hydrogen-bond acceptors (Lipinski definition) is 8. The highest BCUT2D eigenvalue weighted by atomic mass is 16.6. The van der Waals surface area contributed by atoms with Gasteiger partial charge in [-0.2, -0.15) is 0 Å². The second-order valence-corrected chi connectivity index (χ2v) is 6.38. The van der Waals surface area contributed by atoms with Crippen LogP contribution in [0.3, 0.4) is 0 Å². The van der Waals surface area contributed by atoms with Crippen molar-refractivity contribution in [2.45, 2.75) is 44.8 Å². The Kier molecular flexibility index (Phi) is 4.84. The van der Waals surface area contributed by atoms with Crippen LogP contribution in [0, 0.1) is 5.92 Å². The van der Waals surface area contributed by atoms with E-state index in [9.17, 15) is 19.8 Å². The number of carbonyl (C=O) groups is 1. The lowest BCUT2D eigenvalue weighted by Gasteiger charge is -2.16. The lowest BCUT2D eigenvalue weighted by atomic mass is 10.1. The predicted molar refractivity (Wildman–Crippen MR) is 84.5 cm³/mol. The van der Waals surface area contributed by atoms with Crippen molar-refractivity contribution in [2.24, 2.45) is 5.92 Å². The highest BCUT2D eigenvalue weighted by Gasteiger charge is 2.44. The van der Waals surface area contributed by atoms with E-state index in [1.807, 2.05) is 13.8 Å². The van der Waals surface area contributed by atoms with E-state index in [2.05, 4.69) is 15.0 Å². The highest BCUT2D eigenvalue weighted by molar-refractivity contribution is 5.69. The van der Waals surface area contributed by atoms with Crippen LogP contribution in [0.25, 0.3) is 11.2 Å². The number of H-pyrrole nitrogens is 1. The third kappa shape index (κ3) is 3.41. The van der Waals surface area contributed by atoms with Gasteiger partial charge in [0.1, 0.15) is 24.9 Å². The van der Waals surface area contributed by atoms with Crippen LogP contribution in [0.4, 0.5) is 0 Å². The zero-order valence-corrected chi connectivity index (χ0v) is 13.8. The molecule has 2 aromatic heterocycles. The SMILES string of the molecule is CC(C)CC(=O)OCC1OC(n2cnc3c(=O)[nH]cnc32)C(O)C1O. The Hall–Kier alpha value is -2.30. The maximum atomic E-state index is 11.7. The van der Waals surface area contributed by atoms with Gasteiger partial charge in [-0.05, 0) is 5.92 Å². The van der Waals surface area contributed by atoms with E-state index in [0.717, 1.165) is 0 Å². The number of rotatable bonds is 5. The molecule has 10 heteroatoms. The standard InChI is InChI=1S/C15H20N4O6/c1-7(2)3-9(20)24-4-8-11(21)12(22)15(25-8)19-6-18-10-13(19)16-5-17-14(10)23/h5-8,11-12,15,21-22H,3-4H2,1-2H3,(H,16,17,23). The third-order valence-electron chi connectivity index (χ3n) is 3.96. The number of carbonyl (C=O) groups excluding carboxylic acids is 1. The molecular weight excluding hydrogens is 332 g/mol. The number of hydrogen-bond donors (Lipinski definition) is 3. The van der Waals surface area contributed by atoms with E-state index in [-0.39, 0.29) is 30.1 Å². The number of aromatic amines is 1. The lowest BCUT2D eigenvalue weighted by molar-refractivity contribution is -0.150. The fraction of sp³-hybridized carbons (Fsp3) is 0.600. The van der Waals surface area contributed by atoms with Gasteiger partial charge in [-0.1, -0.05) is 13.8 Å². The van der Waals surface area contributed by atoms with Crippen molar-refractivity contribution in [1.29, 1.82) is 0 Å². The molecule has 0 amide bonds. The number of ether oxygens (including phenoxy) is 2. The summed E-state index contributed by atoms with van der Waals surface area (Å²) in [5, 5.41) is 20.4. The number of aliphatic hydroxyl groups excluding tert-OH is 2. The summed E-state index contributed by atoms with van der Waals surface area (Å²) in [6.45, 7) is 3.60. The fourth-order valence-electron chi connectivity index (χ4n) is 2.71. The summed E-state index contributed by atoms with van der Waals surface area (Å²) in [5.41, 5.74) is -0.104. The van der Waals surface area contributed by atoms with Crippen LogP contribution in [-0.4, -0.2) is 60.6 Å². The molecule has 1 saturated heterocycles. The van der Waals surface area contributed by atoms with Crippen LogP contribution in [0.15, 0.2) is 17.4 Å². The molecule has 4 unspecified atom stereocenters. The Bertz CT molecular complexity index is 816. The first-order valence-corrected chi connectivity index (χ1v) is 7.96. The van der Waals surface area contributed by atoms with Gasteiger partial charge in [0.05, 0.1) is 12.7 Å². The fourth-order valence-corrected chi connectivity index (χ4v) is 2.71. The number of nitrogens with zero attached hydrogens (tertiary/aromatic N) is 3. The molecule has 0 aliphatic carbocycles. The van der Waals surface area contributed by atoms with Crippen molar-refractivity contribution in [3.8, 4) is 0 Å². The quantitative estimate of drug-likeness (QED) is 0.602. The van der Waals surface area contributed by atoms with Gasteiger partial charge in [0, 0.05) is 6.42 Å². The maximum Gasteiger partial charge on any atom is 0.306 e. The van der Waals surface area contributed by atoms with Gasteiger partial charge < -0.3 is 24.7 Å². The molecule has 10 nitrogen and oxygen atoms in total.